The van der Waals surface area contributed by atoms with Crippen molar-refractivity contribution in [2.24, 2.45) is 0 Å². The van der Waals surface area contributed by atoms with Crippen molar-refractivity contribution in [2.75, 3.05) is 11.9 Å². The summed E-state index contributed by atoms with van der Waals surface area (Å²) >= 11 is 5.83. The highest BCUT2D eigenvalue weighted by Crippen LogP contribution is 2.25. The predicted molar refractivity (Wildman–Crippen MR) is 77.0 cm³/mol. The second kappa shape index (κ2) is 5.64. The number of benzene rings is 2. The molecule has 0 aromatic heterocycles. The van der Waals surface area contributed by atoms with Crippen LogP contribution < -0.4 is 4.90 Å². The minimum absolute atomic E-state index is 0.113. The number of carbonyl (C=O) groups excluding carboxylic acids is 1. The van der Waals surface area contributed by atoms with Gasteiger partial charge in [-0.2, -0.15) is 5.26 Å². The van der Waals surface area contributed by atoms with E-state index in [-0.39, 0.29) is 11.3 Å². The molecule has 2 aromatic carbocycles. The van der Waals surface area contributed by atoms with Crippen LogP contribution in [0, 0.1) is 11.3 Å². The Bertz CT molecular complexity index is 707. The Morgan fingerprint density at radius 2 is 2.05 bits per heavy atom. The molecule has 1 N–H and O–H groups in total. The summed E-state index contributed by atoms with van der Waals surface area (Å²) in [4.78, 5) is 13.7. The number of phenols is 1. The van der Waals surface area contributed by atoms with Crippen LogP contribution in [0.3, 0.4) is 0 Å². The number of anilines is 1. The smallest absolute Gasteiger partial charge is 0.261 e. The fourth-order valence-corrected chi connectivity index (χ4v) is 1.93. The second-order valence-corrected chi connectivity index (χ2v) is 4.62. The van der Waals surface area contributed by atoms with Gasteiger partial charge in [-0.05, 0) is 36.4 Å². The van der Waals surface area contributed by atoms with Crippen molar-refractivity contribution in [1.82, 2.24) is 0 Å². The van der Waals surface area contributed by atoms with Crippen molar-refractivity contribution in [1.29, 1.82) is 5.26 Å². The van der Waals surface area contributed by atoms with Crippen molar-refractivity contribution < 1.29 is 9.90 Å². The molecule has 0 unspecified atom stereocenters. The van der Waals surface area contributed by atoms with Crippen LogP contribution in [0.5, 0.6) is 5.75 Å². The largest absolute Gasteiger partial charge is 0.507 e. The quantitative estimate of drug-likeness (QED) is 0.922. The zero-order chi connectivity index (χ0) is 14.7. The van der Waals surface area contributed by atoms with Gasteiger partial charge in [-0.25, -0.2) is 0 Å². The molecular formula is C15H11ClN2O2. The number of nitrogens with zero attached hydrogens (tertiary/aromatic N) is 2. The van der Waals surface area contributed by atoms with Crippen LogP contribution in [0.4, 0.5) is 5.69 Å². The number of hydrogen-bond donors (Lipinski definition) is 1. The molecule has 2 aromatic rings. The van der Waals surface area contributed by atoms with Gasteiger partial charge in [0.25, 0.3) is 5.91 Å². The lowest BCUT2D eigenvalue weighted by molar-refractivity contribution is 0.0990. The van der Waals surface area contributed by atoms with Gasteiger partial charge in [-0.1, -0.05) is 17.7 Å². The maximum absolute atomic E-state index is 12.3. The number of aromatic hydroxyl groups is 1. The summed E-state index contributed by atoms with van der Waals surface area (Å²) in [5.41, 5.74) is 1.13. The van der Waals surface area contributed by atoms with E-state index in [1.165, 1.54) is 23.1 Å². The van der Waals surface area contributed by atoms with E-state index in [0.29, 0.717) is 16.3 Å². The fraction of sp³-hybridized carbons (Fsp3) is 0.0667. The number of halogens is 1. The van der Waals surface area contributed by atoms with E-state index >= 15 is 0 Å². The maximum atomic E-state index is 12.3. The van der Waals surface area contributed by atoms with Gasteiger partial charge < -0.3 is 10.0 Å². The zero-order valence-electron chi connectivity index (χ0n) is 10.7. The second-order valence-electron chi connectivity index (χ2n) is 4.19. The maximum Gasteiger partial charge on any atom is 0.261 e. The van der Waals surface area contributed by atoms with Gasteiger partial charge in [0.05, 0.1) is 17.2 Å². The summed E-state index contributed by atoms with van der Waals surface area (Å²) < 4.78 is 0. The molecule has 20 heavy (non-hydrogen) atoms. The average Bonchev–Trinajstić information content (AvgIpc) is 2.48. The van der Waals surface area contributed by atoms with E-state index in [2.05, 4.69) is 0 Å². The Morgan fingerprint density at radius 3 is 2.75 bits per heavy atom. The highest BCUT2D eigenvalue weighted by Gasteiger charge is 2.17. The third-order valence-corrected chi connectivity index (χ3v) is 3.09. The van der Waals surface area contributed by atoms with Crippen molar-refractivity contribution in [3.63, 3.8) is 0 Å². The molecule has 1 amide bonds. The van der Waals surface area contributed by atoms with E-state index in [1.54, 1.807) is 31.3 Å². The summed E-state index contributed by atoms with van der Waals surface area (Å²) in [6.45, 7) is 0. The van der Waals surface area contributed by atoms with Crippen LogP contribution in [-0.4, -0.2) is 18.1 Å². The zero-order valence-corrected chi connectivity index (χ0v) is 11.4. The van der Waals surface area contributed by atoms with Crippen LogP contribution in [0.1, 0.15) is 15.9 Å². The standard InChI is InChI=1S/C15H11ClN2O2/c1-18(12-4-2-3-10(7-12)9-17)15(20)13-8-11(16)5-6-14(13)19/h2-8,19H,1H3. The SMILES string of the molecule is CN(C(=O)c1cc(Cl)ccc1O)c1cccc(C#N)c1. The summed E-state index contributed by atoms with van der Waals surface area (Å²) in [6, 6.07) is 12.9. The van der Waals surface area contributed by atoms with Crippen molar-refractivity contribution in [3.05, 3.63) is 58.6 Å². The van der Waals surface area contributed by atoms with Crippen LogP contribution in [0.25, 0.3) is 0 Å². The molecule has 0 radical (unpaired) electrons. The van der Waals surface area contributed by atoms with Gasteiger partial charge in [0.15, 0.2) is 0 Å². The molecule has 0 spiro atoms. The summed E-state index contributed by atoms with van der Waals surface area (Å²) in [6.07, 6.45) is 0. The lowest BCUT2D eigenvalue weighted by atomic mass is 10.1. The summed E-state index contributed by atoms with van der Waals surface area (Å²) in [5.74, 6) is -0.539. The Hall–Kier alpha value is -2.51. The Kier molecular flexibility index (Phi) is 3.92. The Morgan fingerprint density at radius 1 is 1.30 bits per heavy atom. The molecule has 0 atom stereocenters. The molecule has 0 fully saturated rings. The number of carbonyl (C=O) groups is 1. The van der Waals surface area contributed by atoms with Gasteiger partial charge >= 0.3 is 0 Å². The molecule has 100 valence electrons. The Balaban J connectivity index is 2.37. The molecule has 0 aliphatic rings. The monoisotopic (exact) mass is 286 g/mol. The summed E-state index contributed by atoms with van der Waals surface area (Å²) in [5, 5.41) is 19.0. The summed E-state index contributed by atoms with van der Waals surface area (Å²) in [7, 11) is 1.57. The number of phenolic OH excluding ortho intramolecular Hbond substituents is 1. The molecule has 0 saturated carbocycles. The molecule has 5 heteroatoms. The fourth-order valence-electron chi connectivity index (χ4n) is 1.76. The van der Waals surface area contributed by atoms with Crippen LogP contribution >= 0.6 is 11.6 Å². The van der Waals surface area contributed by atoms with Crippen molar-refractivity contribution in [2.45, 2.75) is 0 Å². The first-order valence-electron chi connectivity index (χ1n) is 5.79. The first kappa shape index (κ1) is 13.9. The lowest BCUT2D eigenvalue weighted by Crippen LogP contribution is -2.26. The van der Waals surface area contributed by atoms with Gasteiger partial charge in [0, 0.05) is 17.8 Å². The average molecular weight is 287 g/mol. The first-order chi connectivity index (χ1) is 9.52. The van der Waals surface area contributed by atoms with Gasteiger partial charge in [0.2, 0.25) is 0 Å². The van der Waals surface area contributed by atoms with Crippen LogP contribution in [0.15, 0.2) is 42.5 Å². The number of nitriles is 1. The molecule has 0 bridgehead atoms. The van der Waals surface area contributed by atoms with E-state index in [0.717, 1.165) is 0 Å². The van der Waals surface area contributed by atoms with Crippen molar-refractivity contribution in [3.8, 4) is 11.8 Å². The van der Waals surface area contributed by atoms with Crippen LogP contribution in [-0.2, 0) is 0 Å². The Labute approximate surface area is 121 Å². The first-order valence-corrected chi connectivity index (χ1v) is 6.17. The lowest BCUT2D eigenvalue weighted by Gasteiger charge is -2.18. The molecule has 0 aliphatic heterocycles. The molecule has 4 nitrogen and oxygen atoms in total. The number of rotatable bonds is 2. The minimum Gasteiger partial charge on any atom is -0.507 e. The molecule has 0 saturated heterocycles. The third-order valence-electron chi connectivity index (χ3n) is 2.86. The number of amides is 1. The normalized spacial score (nSPS) is 9.85. The third kappa shape index (κ3) is 2.73. The molecule has 0 heterocycles. The van der Waals surface area contributed by atoms with E-state index in [1.807, 2.05) is 6.07 Å². The topological polar surface area (TPSA) is 64.3 Å². The van der Waals surface area contributed by atoms with Crippen molar-refractivity contribution >= 4 is 23.2 Å². The van der Waals surface area contributed by atoms with Crippen LogP contribution in [0.2, 0.25) is 5.02 Å². The molecular weight excluding hydrogens is 276 g/mol. The predicted octanol–water partition coefficient (Wildman–Crippen LogP) is 3.19. The van der Waals surface area contributed by atoms with E-state index in [9.17, 15) is 9.90 Å². The van der Waals surface area contributed by atoms with Gasteiger partial charge in [-0.15, -0.1) is 0 Å². The highest BCUT2D eigenvalue weighted by atomic mass is 35.5. The minimum atomic E-state index is -0.403. The van der Waals surface area contributed by atoms with E-state index < -0.39 is 5.91 Å². The van der Waals surface area contributed by atoms with E-state index in [4.69, 9.17) is 16.9 Å². The van der Waals surface area contributed by atoms with Gasteiger partial charge in [-0.3, -0.25) is 4.79 Å². The highest BCUT2D eigenvalue weighted by molar-refractivity contribution is 6.31. The molecule has 0 aliphatic carbocycles. The number of hydrogen-bond acceptors (Lipinski definition) is 3. The molecule has 2 rings (SSSR count). The van der Waals surface area contributed by atoms with Gasteiger partial charge in [0.1, 0.15) is 5.75 Å².